The second-order valence-corrected chi connectivity index (χ2v) is 5.66. The molecule has 0 aromatic heterocycles. The largest absolute Gasteiger partial charge is 0.573 e. The maximum Gasteiger partial charge on any atom is 0.573 e. The van der Waals surface area contributed by atoms with Gasteiger partial charge >= 0.3 is 12.3 Å². The highest BCUT2D eigenvalue weighted by Crippen LogP contribution is 2.24. The Morgan fingerprint density at radius 1 is 1.04 bits per heavy atom. The monoisotopic (exact) mass is 407 g/mol. The van der Waals surface area contributed by atoms with Gasteiger partial charge in [0.25, 0.3) is 5.91 Å². The van der Waals surface area contributed by atoms with E-state index >= 15 is 0 Å². The van der Waals surface area contributed by atoms with E-state index in [0.29, 0.717) is 0 Å². The van der Waals surface area contributed by atoms with Crippen molar-refractivity contribution in [3.05, 3.63) is 58.1 Å². The van der Waals surface area contributed by atoms with Crippen molar-refractivity contribution in [3.63, 3.8) is 0 Å². The first-order valence-corrected chi connectivity index (χ1v) is 7.67. The number of anilines is 1. The zero-order valence-electron chi connectivity index (χ0n) is 12.8. The molecule has 2 rings (SSSR count). The van der Waals surface area contributed by atoms with Gasteiger partial charge in [0.15, 0.2) is 6.61 Å². The second-order valence-electron chi connectivity index (χ2n) is 4.82. The lowest BCUT2D eigenvalue weighted by Crippen LogP contribution is -2.21. The van der Waals surface area contributed by atoms with Gasteiger partial charge < -0.3 is 14.8 Å². The van der Waals surface area contributed by atoms with Gasteiger partial charge in [0, 0.05) is 10.7 Å². The van der Waals surface area contributed by atoms with Crippen LogP contribution in [0.2, 0.25) is 10.0 Å². The summed E-state index contributed by atoms with van der Waals surface area (Å²) in [5.41, 5.74) is 0.196. The molecular weight excluding hydrogens is 398 g/mol. The van der Waals surface area contributed by atoms with Gasteiger partial charge in [-0.1, -0.05) is 23.2 Å². The Bertz CT molecular complexity index is 810. The zero-order valence-corrected chi connectivity index (χ0v) is 14.3. The molecule has 0 heterocycles. The van der Waals surface area contributed by atoms with Crippen LogP contribution in [0.15, 0.2) is 42.5 Å². The number of rotatable bonds is 5. The first-order chi connectivity index (χ1) is 12.1. The summed E-state index contributed by atoms with van der Waals surface area (Å²) in [6.45, 7) is -0.623. The van der Waals surface area contributed by atoms with Crippen molar-refractivity contribution in [2.45, 2.75) is 6.36 Å². The van der Waals surface area contributed by atoms with E-state index in [1.807, 2.05) is 0 Å². The van der Waals surface area contributed by atoms with Crippen molar-refractivity contribution in [1.82, 2.24) is 0 Å². The average Bonchev–Trinajstić information content (AvgIpc) is 2.55. The molecule has 0 aliphatic heterocycles. The lowest BCUT2D eigenvalue weighted by molar-refractivity contribution is -0.274. The van der Waals surface area contributed by atoms with E-state index in [9.17, 15) is 22.8 Å². The number of carbonyl (C=O) groups excluding carboxylic acids is 2. The third-order valence-electron chi connectivity index (χ3n) is 2.85. The number of hydrogen-bond acceptors (Lipinski definition) is 4. The number of nitrogens with one attached hydrogen (secondary N) is 1. The summed E-state index contributed by atoms with van der Waals surface area (Å²) >= 11 is 11.6. The summed E-state index contributed by atoms with van der Waals surface area (Å²) in [6.07, 6.45) is -4.80. The number of halogens is 5. The minimum Gasteiger partial charge on any atom is -0.452 e. The molecule has 2 aromatic rings. The van der Waals surface area contributed by atoms with Gasteiger partial charge in [-0.2, -0.15) is 0 Å². The molecule has 0 bridgehead atoms. The molecule has 0 aliphatic carbocycles. The Balaban J connectivity index is 1.88. The van der Waals surface area contributed by atoms with Crippen molar-refractivity contribution in [2.75, 3.05) is 11.9 Å². The van der Waals surface area contributed by atoms with Crippen LogP contribution in [-0.2, 0) is 9.53 Å². The topological polar surface area (TPSA) is 64.6 Å². The van der Waals surface area contributed by atoms with Crippen molar-refractivity contribution < 1.29 is 32.2 Å². The maximum absolute atomic E-state index is 12.1. The molecule has 0 aliphatic rings. The maximum atomic E-state index is 12.1. The highest BCUT2D eigenvalue weighted by Gasteiger charge is 2.30. The van der Waals surface area contributed by atoms with Crippen LogP contribution >= 0.6 is 23.2 Å². The van der Waals surface area contributed by atoms with Crippen LogP contribution in [0.5, 0.6) is 5.75 Å². The van der Waals surface area contributed by atoms with Gasteiger partial charge in [0.05, 0.1) is 10.6 Å². The van der Waals surface area contributed by atoms with Crippen molar-refractivity contribution in [1.29, 1.82) is 0 Å². The predicted octanol–water partition coefficient (Wildman–Crippen LogP) is 4.69. The molecule has 0 spiro atoms. The molecule has 0 radical (unpaired) electrons. The fraction of sp³-hybridized carbons (Fsp3) is 0.125. The summed E-state index contributed by atoms with van der Waals surface area (Å²) in [4.78, 5) is 23.6. The highest BCUT2D eigenvalue weighted by atomic mass is 35.5. The van der Waals surface area contributed by atoms with E-state index in [0.717, 1.165) is 12.1 Å². The van der Waals surface area contributed by atoms with E-state index in [4.69, 9.17) is 27.9 Å². The first-order valence-electron chi connectivity index (χ1n) is 6.92. The average molecular weight is 408 g/mol. The Morgan fingerprint density at radius 3 is 2.31 bits per heavy atom. The number of esters is 1. The summed E-state index contributed by atoms with van der Waals surface area (Å²) in [6, 6.07) is 8.65. The van der Waals surface area contributed by atoms with Crippen LogP contribution in [0.4, 0.5) is 18.9 Å². The molecule has 5 nitrogen and oxygen atoms in total. The fourth-order valence-electron chi connectivity index (χ4n) is 1.80. The lowest BCUT2D eigenvalue weighted by atomic mass is 10.2. The molecule has 2 aromatic carbocycles. The van der Waals surface area contributed by atoms with Crippen LogP contribution in [0, 0.1) is 0 Å². The van der Waals surface area contributed by atoms with Crippen molar-refractivity contribution in [3.8, 4) is 5.75 Å². The van der Waals surface area contributed by atoms with Crippen LogP contribution < -0.4 is 10.1 Å². The third-order valence-corrected chi connectivity index (χ3v) is 3.42. The summed E-state index contributed by atoms with van der Waals surface area (Å²) in [7, 11) is 0. The van der Waals surface area contributed by atoms with E-state index < -0.39 is 30.6 Å². The number of benzene rings is 2. The Kier molecular flexibility index (Phi) is 6.33. The van der Waals surface area contributed by atoms with E-state index in [-0.39, 0.29) is 21.3 Å². The molecule has 26 heavy (non-hydrogen) atoms. The number of ether oxygens (including phenoxy) is 2. The minimum atomic E-state index is -4.80. The van der Waals surface area contributed by atoms with Crippen LogP contribution in [0.1, 0.15) is 10.4 Å². The van der Waals surface area contributed by atoms with Gasteiger partial charge in [-0.15, -0.1) is 13.2 Å². The normalized spacial score (nSPS) is 11.0. The molecule has 0 atom stereocenters. The summed E-state index contributed by atoms with van der Waals surface area (Å²) in [5, 5.41) is 2.73. The van der Waals surface area contributed by atoms with E-state index in [2.05, 4.69) is 10.1 Å². The van der Waals surface area contributed by atoms with Gasteiger partial charge in [0.2, 0.25) is 0 Å². The van der Waals surface area contributed by atoms with Crippen LogP contribution in [0.25, 0.3) is 0 Å². The minimum absolute atomic E-state index is 0.000573. The lowest BCUT2D eigenvalue weighted by Gasteiger charge is -2.10. The molecule has 10 heteroatoms. The number of amides is 1. The Morgan fingerprint density at radius 2 is 1.69 bits per heavy atom. The summed E-state index contributed by atoms with van der Waals surface area (Å²) < 4.78 is 44.7. The van der Waals surface area contributed by atoms with Gasteiger partial charge in [-0.25, -0.2) is 4.79 Å². The molecule has 0 saturated heterocycles. The summed E-state index contributed by atoms with van der Waals surface area (Å²) in [5.74, 6) is -1.97. The fourth-order valence-corrected chi connectivity index (χ4v) is 2.17. The number of carbonyl (C=O) groups is 2. The molecule has 1 N–H and O–H groups in total. The van der Waals surface area contributed by atoms with E-state index in [1.165, 1.54) is 30.3 Å². The van der Waals surface area contributed by atoms with Crippen LogP contribution in [-0.4, -0.2) is 24.8 Å². The van der Waals surface area contributed by atoms with Crippen LogP contribution in [0.3, 0.4) is 0 Å². The number of alkyl halides is 3. The Hall–Kier alpha value is -2.45. The SMILES string of the molecule is O=C(COC(=O)c1cc(Cl)ccc1Cl)Nc1ccc(OC(F)(F)F)cc1. The van der Waals surface area contributed by atoms with Gasteiger partial charge in [0.1, 0.15) is 5.75 Å². The smallest absolute Gasteiger partial charge is 0.452 e. The first kappa shape index (κ1) is 19.9. The standard InChI is InChI=1S/C16H10Cl2F3NO4/c17-9-1-6-13(18)12(7-9)15(24)25-8-14(23)22-10-2-4-11(5-3-10)26-16(19,20)21/h1-7H,8H2,(H,22,23). The van der Waals surface area contributed by atoms with Crippen molar-refractivity contribution >= 4 is 40.8 Å². The molecule has 138 valence electrons. The third kappa shape index (κ3) is 6.12. The highest BCUT2D eigenvalue weighted by molar-refractivity contribution is 6.35. The molecule has 1 amide bonds. The Labute approximate surface area is 155 Å². The second kappa shape index (κ2) is 8.29. The van der Waals surface area contributed by atoms with E-state index in [1.54, 1.807) is 0 Å². The molecular formula is C16H10Cl2F3NO4. The zero-order chi connectivity index (χ0) is 19.3. The van der Waals surface area contributed by atoms with Gasteiger partial charge in [-0.3, -0.25) is 4.79 Å². The molecule has 0 unspecified atom stereocenters. The number of hydrogen-bond donors (Lipinski definition) is 1. The predicted molar refractivity (Wildman–Crippen MR) is 88.5 cm³/mol. The quantitative estimate of drug-likeness (QED) is 0.730. The molecule has 0 fully saturated rings. The molecule has 0 saturated carbocycles. The van der Waals surface area contributed by atoms with Gasteiger partial charge in [-0.05, 0) is 42.5 Å². The van der Waals surface area contributed by atoms with Crippen molar-refractivity contribution in [2.24, 2.45) is 0 Å².